The molecule has 0 saturated heterocycles. The molecule has 0 saturated carbocycles. The van der Waals surface area contributed by atoms with E-state index < -0.39 is 0 Å². The third-order valence-corrected chi connectivity index (χ3v) is 6.24. The predicted molar refractivity (Wildman–Crippen MR) is 133 cm³/mol. The minimum absolute atomic E-state index is 0.682. The first-order valence-electron chi connectivity index (χ1n) is 11.2. The summed E-state index contributed by atoms with van der Waals surface area (Å²) in [6.07, 6.45) is 5.68. The molecule has 0 amide bonds. The summed E-state index contributed by atoms with van der Waals surface area (Å²) in [7, 11) is 1.66. The molecule has 0 aliphatic carbocycles. The fourth-order valence-electron chi connectivity index (χ4n) is 4.60. The van der Waals surface area contributed by atoms with Crippen LogP contribution in [0.1, 0.15) is 22.5 Å². The van der Waals surface area contributed by atoms with Crippen LogP contribution in [-0.4, -0.2) is 32.6 Å². The minimum atomic E-state index is 0.682. The van der Waals surface area contributed by atoms with E-state index in [-0.39, 0.29) is 0 Å². The van der Waals surface area contributed by atoms with Gasteiger partial charge < -0.3 is 9.15 Å². The lowest BCUT2D eigenvalue weighted by molar-refractivity contribution is 0.410. The zero-order chi connectivity index (χ0) is 22.2. The molecule has 6 heteroatoms. The average Bonchev–Trinajstić information content (AvgIpc) is 3.57. The molecule has 33 heavy (non-hydrogen) atoms. The first-order chi connectivity index (χ1) is 16.3. The van der Waals surface area contributed by atoms with Crippen molar-refractivity contribution in [1.29, 1.82) is 0 Å². The van der Waals surface area contributed by atoms with Crippen molar-refractivity contribution in [3.63, 3.8) is 0 Å². The van der Waals surface area contributed by atoms with Crippen molar-refractivity contribution in [3.8, 4) is 5.75 Å². The number of ether oxygens (including phenoxy) is 1. The molecule has 2 aliphatic rings. The van der Waals surface area contributed by atoms with Gasteiger partial charge in [0.05, 0.1) is 30.9 Å². The van der Waals surface area contributed by atoms with Crippen molar-refractivity contribution in [2.75, 3.05) is 30.2 Å². The quantitative estimate of drug-likeness (QED) is 0.402. The summed E-state index contributed by atoms with van der Waals surface area (Å²) in [6.45, 7) is 1.76. The normalized spacial score (nSPS) is 15.2. The molecule has 0 radical (unpaired) electrons. The summed E-state index contributed by atoms with van der Waals surface area (Å²) in [6, 6.07) is 22.8. The monoisotopic (exact) mass is 436 g/mol. The van der Waals surface area contributed by atoms with E-state index >= 15 is 0 Å². The summed E-state index contributed by atoms with van der Waals surface area (Å²) in [5, 5.41) is 14.4. The molecule has 6 nitrogen and oxygen atoms in total. The molecule has 1 aromatic heterocycles. The number of methoxy groups -OCH3 is 1. The van der Waals surface area contributed by atoms with Gasteiger partial charge in [-0.3, -0.25) is 10.0 Å². The van der Waals surface area contributed by atoms with Gasteiger partial charge in [0.1, 0.15) is 5.76 Å². The molecule has 0 fully saturated rings. The molecular formula is C27H24N4O2. The molecule has 3 aromatic carbocycles. The Labute approximate surface area is 192 Å². The smallest absolute Gasteiger partial charge is 0.176 e. The van der Waals surface area contributed by atoms with Crippen molar-refractivity contribution in [2.24, 2.45) is 10.2 Å². The largest absolute Gasteiger partial charge is 0.493 e. The molecule has 0 atom stereocenters. The van der Waals surface area contributed by atoms with Gasteiger partial charge in [-0.2, -0.15) is 10.2 Å². The third kappa shape index (κ3) is 3.63. The standard InChI is InChI=1S/C27H24N4O2/c1-32-26-15-19(17-28-30-12-10-20-6-2-4-8-24(20)30)14-22-16-23(33-27(22)26)18-29-31-13-11-21-7-3-5-9-25(21)31/h2-9,14-18H,10-13H2,1H3. The van der Waals surface area contributed by atoms with Gasteiger partial charge in [-0.05, 0) is 59.9 Å². The van der Waals surface area contributed by atoms with Crippen molar-refractivity contribution < 1.29 is 9.15 Å². The Hall–Kier alpha value is -4.06. The fraction of sp³-hybridized carbons (Fsp3) is 0.185. The second kappa shape index (κ2) is 8.13. The summed E-state index contributed by atoms with van der Waals surface area (Å²) >= 11 is 0. The van der Waals surface area contributed by atoms with Crippen LogP contribution in [-0.2, 0) is 12.8 Å². The predicted octanol–water partition coefficient (Wildman–Crippen LogP) is 5.23. The van der Waals surface area contributed by atoms with Gasteiger partial charge in [0, 0.05) is 18.5 Å². The minimum Gasteiger partial charge on any atom is -0.493 e. The highest BCUT2D eigenvalue weighted by Gasteiger charge is 2.18. The highest BCUT2D eigenvalue weighted by atomic mass is 16.5. The third-order valence-electron chi connectivity index (χ3n) is 6.24. The van der Waals surface area contributed by atoms with Crippen LogP contribution in [0.2, 0.25) is 0 Å². The van der Waals surface area contributed by atoms with Gasteiger partial charge in [0.25, 0.3) is 0 Å². The zero-order valence-electron chi connectivity index (χ0n) is 18.4. The first-order valence-corrected chi connectivity index (χ1v) is 11.2. The lowest BCUT2D eigenvalue weighted by Gasteiger charge is -2.12. The highest BCUT2D eigenvalue weighted by molar-refractivity contribution is 5.95. The van der Waals surface area contributed by atoms with Crippen LogP contribution in [0.5, 0.6) is 5.75 Å². The number of furan rings is 1. The second-order valence-corrected chi connectivity index (χ2v) is 8.28. The summed E-state index contributed by atoms with van der Waals surface area (Å²) < 4.78 is 11.7. The first kappa shape index (κ1) is 19.6. The second-order valence-electron chi connectivity index (χ2n) is 8.28. The number of benzene rings is 3. The van der Waals surface area contributed by atoms with Crippen molar-refractivity contribution in [3.05, 3.63) is 89.2 Å². The molecule has 0 N–H and O–H groups in total. The Balaban J connectivity index is 1.26. The molecule has 0 unspecified atom stereocenters. The van der Waals surface area contributed by atoms with E-state index in [1.165, 1.54) is 16.8 Å². The number of hydrazone groups is 2. The number of para-hydroxylation sites is 2. The molecule has 0 spiro atoms. The zero-order valence-corrected chi connectivity index (χ0v) is 18.4. The SMILES string of the molecule is COc1cc(C=NN2CCc3ccccc32)cc2cc(C=NN3CCc4ccccc43)oc12. The van der Waals surface area contributed by atoms with Crippen LogP contribution in [0.3, 0.4) is 0 Å². The van der Waals surface area contributed by atoms with Gasteiger partial charge in [0.2, 0.25) is 0 Å². The number of rotatable bonds is 5. The summed E-state index contributed by atoms with van der Waals surface area (Å²) in [5.74, 6) is 1.37. The summed E-state index contributed by atoms with van der Waals surface area (Å²) in [4.78, 5) is 0. The molecule has 0 bridgehead atoms. The van der Waals surface area contributed by atoms with Gasteiger partial charge in [0.15, 0.2) is 11.3 Å². The van der Waals surface area contributed by atoms with Crippen LogP contribution in [0.15, 0.2) is 81.4 Å². The molecule has 3 heterocycles. The Morgan fingerprint density at radius 2 is 1.45 bits per heavy atom. The Bertz CT molecular complexity index is 1390. The van der Waals surface area contributed by atoms with Crippen LogP contribution in [0.25, 0.3) is 11.0 Å². The number of hydrogen-bond acceptors (Lipinski definition) is 6. The molecule has 164 valence electrons. The Morgan fingerprint density at radius 3 is 2.12 bits per heavy atom. The van der Waals surface area contributed by atoms with Crippen LogP contribution in [0.4, 0.5) is 11.4 Å². The van der Waals surface area contributed by atoms with Crippen molar-refractivity contribution >= 4 is 34.8 Å². The Morgan fingerprint density at radius 1 is 0.818 bits per heavy atom. The van der Waals surface area contributed by atoms with E-state index in [9.17, 15) is 0 Å². The molecular weight excluding hydrogens is 412 g/mol. The Kier molecular flexibility index (Phi) is 4.83. The van der Waals surface area contributed by atoms with E-state index in [4.69, 9.17) is 14.3 Å². The van der Waals surface area contributed by atoms with E-state index in [1.807, 2.05) is 34.4 Å². The maximum atomic E-state index is 6.06. The van der Waals surface area contributed by atoms with Gasteiger partial charge in [-0.25, -0.2) is 0 Å². The highest BCUT2D eigenvalue weighted by Crippen LogP contribution is 2.31. The van der Waals surface area contributed by atoms with E-state index in [2.05, 4.69) is 53.6 Å². The van der Waals surface area contributed by atoms with Gasteiger partial charge in [-0.15, -0.1) is 0 Å². The van der Waals surface area contributed by atoms with Crippen molar-refractivity contribution in [2.45, 2.75) is 12.8 Å². The van der Waals surface area contributed by atoms with Crippen molar-refractivity contribution in [1.82, 2.24) is 0 Å². The van der Waals surface area contributed by atoms with Crippen LogP contribution >= 0.6 is 0 Å². The van der Waals surface area contributed by atoms with Crippen LogP contribution in [0, 0.1) is 0 Å². The van der Waals surface area contributed by atoms with Crippen LogP contribution < -0.4 is 14.8 Å². The van der Waals surface area contributed by atoms with Gasteiger partial charge in [-0.1, -0.05) is 36.4 Å². The summed E-state index contributed by atoms with van der Waals surface area (Å²) in [5.41, 5.74) is 6.66. The average molecular weight is 437 g/mol. The maximum Gasteiger partial charge on any atom is 0.176 e. The number of fused-ring (bicyclic) bond motifs is 3. The number of nitrogens with zero attached hydrogens (tertiary/aromatic N) is 4. The fourth-order valence-corrected chi connectivity index (χ4v) is 4.60. The lowest BCUT2D eigenvalue weighted by Crippen LogP contribution is -2.12. The topological polar surface area (TPSA) is 53.6 Å². The van der Waals surface area contributed by atoms with E-state index in [0.29, 0.717) is 17.1 Å². The lowest BCUT2D eigenvalue weighted by atomic mass is 10.1. The van der Waals surface area contributed by atoms with E-state index in [0.717, 1.165) is 42.6 Å². The number of anilines is 2. The number of hydrogen-bond donors (Lipinski definition) is 0. The molecule has 6 rings (SSSR count). The van der Waals surface area contributed by atoms with E-state index in [1.54, 1.807) is 13.3 Å². The molecule has 2 aliphatic heterocycles. The van der Waals surface area contributed by atoms with Gasteiger partial charge >= 0.3 is 0 Å². The maximum absolute atomic E-state index is 6.06. The molecule has 4 aromatic rings.